The zero-order valence-electron chi connectivity index (χ0n) is 23.4. The lowest BCUT2D eigenvalue weighted by atomic mass is 9.48. The minimum Gasteiger partial charge on any atom is -0.489 e. The number of imidazole rings is 1. The predicted octanol–water partition coefficient (Wildman–Crippen LogP) is 8.86. The summed E-state index contributed by atoms with van der Waals surface area (Å²) >= 11 is 0. The van der Waals surface area contributed by atoms with Crippen LogP contribution in [0.25, 0.3) is 22.4 Å². The van der Waals surface area contributed by atoms with E-state index in [0.717, 1.165) is 57.2 Å². The van der Waals surface area contributed by atoms with E-state index in [1.807, 2.05) is 30.3 Å². The molecule has 206 valence electrons. The average molecular weight is 541 g/mol. The molecule has 0 unspecified atom stereocenters. The summed E-state index contributed by atoms with van der Waals surface area (Å²) in [7, 11) is 0. The van der Waals surface area contributed by atoms with Crippen LogP contribution in [0.5, 0.6) is 11.5 Å². The molecule has 4 aliphatic carbocycles. The fraction of sp³-hybridized carbons (Fsp3) is 0.324. The Morgan fingerprint density at radius 1 is 0.683 bits per heavy atom. The van der Waals surface area contributed by atoms with E-state index in [1.54, 1.807) is 0 Å². The van der Waals surface area contributed by atoms with Crippen molar-refractivity contribution >= 4 is 11.0 Å². The highest BCUT2D eigenvalue weighted by Crippen LogP contribution is 2.62. The van der Waals surface area contributed by atoms with Crippen molar-refractivity contribution in [1.29, 1.82) is 0 Å². The van der Waals surface area contributed by atoms with Gasteiger partial charge in [0.25, 0.3) is 0 Å². The number of nitrogens with one attached hydrogen (secondary N) is 1. The Labute approximate surface area is 241 Å². The summed E-state index contributed by atoms with van der Waals surface area (Å²) in [6.45, 7) is 1.14. The first kappa shape index (κ1) is 24.7. The van der Waals surface area contributed by atoms with Gasteiger partial charge in [-0.2, -0.15) is 0 Å². The summed E-state index contributed by atoms with van der Waals surface area (Å²) < 4.78 is 12.7. The second-order valence-corrected chi connectivity index (χ2v) is 12.7. The van der Waals surface area contributed by atoms with Crippen LogP contribution in [0.2, 0.25) is 0 Å². The molecule has 4 aliphatic rings. The minimum atomic E-state index is 0.223. The van der Waals surface area contributed by atoms with Crippen LogP contribution in [0.1, 0.15) is 55.2 Å². The number of H-pyrrole nitrogens is 1. The van der Waals surface area contributed by atoms with Crippen LogP contribution < -0.4 is 9.47 Å². The molecule has 0 amide bonds. The quantitative estimate of drug-likeness (QED) is 0.214. The molecular weight excluding hydrogens is 504 g/mol. The van der Waals surface area contributed by atoms with Crippen LogP contribution in [0.4, 0.5) is 0 Å². The van der Waals surface area contributed by atoms with Gasteiger partial charge in [0.2, 0.25) is 0 Å². The van der Waals surface area contributed by atoms with E-state index in [1.165, 1.54) is 49.7 Å². The standard InChI is InChI=1S/C37H36N2O2/c1-3-7-25(8-4-1)23-40-31-12-13-33-34(19-31)39-36(38-33)30-11-14-35(41-24-26-9-5-2-6-10-26)32(18-30)37-20-27-15-28(21-37)17-29(16-27)22-37/h1-14,18-19,27-29H,15-17,20-24H2,(H,38,39). The van der Waals surface area contributed by atoms with E-state index in [2.05, 4.69) is 71.7 Å². The molecule has 4 bridgehead atoms. The van der Waals surface area contributed by atoms with Crippen molar-refractivity contribution in [1.82, 2.24) is 9.97 Å². The van der Waals surface area contributed by atoms with E-state index >= 15 is 0 Å². The summed E-state index contributed by atoms with van der Waals surface area (Å²) in [5, 5.41) is 0. The third kappa shape index (κ3) is 4.80. The Kier molecular flexibility index (Phi) is 6.09. The summed E-state index contributed by atoms with van der Waals surface area (Å²) in [5.74, 6) is 5.39. The molecule has 0 saturated heterocycles. The summed E-state index contributed by atoms with van der Waals surface area (Å²) in [6.07, 6.45) is 8.18. The molecule has 0 aliphatic heterocycles. The molecule has 1 aromatic heterocycles. The highest BCUT2D eigenvalue weighted by molar-refractivity contribution is 5.81. The van der Waals surface area contributed by atoms with Gasteiger partial charge in [-0.15, -0.1) is 0 Å². The van der Waals surface area contributed by atoms with Crippen LogP contribution >= 0.6 is 0 Å². The van der Waals surface area contributed by atoms with Gasteiger partial charge >= 0.3 is 0 Å². The Morgan fingerprint density at radius 2 is 1.32 bits per heavy atom. The van der Waals surface area contributed by atoms with Gasteiger partial charge in [0, 0.05) is 17.2 Å². The van der Waals surface area contributed by atoms with Crippen molar-refractivity contribution in [2.75, 3.05) is 0 Å². The zero-order chi connectivity index (χ0) is 27.2. The van der Waals surface area contributed by atoms with Crippen molar-refractivity contribution in [3.63, 3.8) is 0 Å². The van der Waals surface area contributed by atoms with E-state index in [9.17, 15) is 0 Å². The molecule has 4 heteroatoms. The summed E-state index contributed by atoms with van der Waals surface area (Å²) in [4.78, 5) is 8.62. The van der Waals surface area contributed by atoms with Gasteiger partial charge in [-0.1, -0.05) is 60.7 Å². The topological polar surface area (TPSA) is 47.1 Å². The number of hydrogen-bond donors (Lipinski definition) is 1. The third-order valence-electron chi connectivity index (χ3n) is 9.80. The lowest BCUT2D eigenvalue weighted by Gasteiger charge is -2.57. The highest BCUT2D eigenvalue weighted by Gasteiger charge is 2.52. The minimum absolute atomic E-state index is 0.223. The Balaban J connectivity index is 1.12. The van der Waals surface area contributed by atoms with E-state index < -0.39 is 0 Å². The molecule has 1 N–H and O–H groups in total. The monoisotopic (exact) mass is 540 g/mol. The molecule has 0 radical (unpaired) electrons. The molecule has 0 spiro atoms. The molecular formula is C37H36N2O2. The van der Waals surface area contributed by atoms with Gasteiger partial charge in [-0.25, -0.2) is 4.98 Å². The zero-order valence-corrected chi connectivity index (χ0v) is 23.4. The first-order valence-corrected chi connectivity index (χ1v) is 15.2. The second-order valence-electron chi connectivity index (χ2n) is 12.7. The molecule has 4 nitrogen and oxygen atoms in total. The Morgan fingerprint density at radius 3 is 1.98 bits per heavy atom. The first-order valence-electron chi connectivity index (χ1n) is 15.2. The molecule has 9 rings (SSSR count). The van der Waals surface area contributed by atoms with Crippen molar-refractivity contribution in [3.05, 3.63) is 114 Å². The van der Waals surface area contributed by atoms with Crippen LogP contribution in [0, 0.1) is 17.8 Å². The van der Waals surface area contributed by atoms with Gasteiger partial charge < -0.3 is 14.5 Å². The number of benzene rings is 4. The van der Waals surface area contributed by atoms with Crippen molar-refractivity contribution in [3.8, 4) is 22.9 Å². The predicted molar refractivity (Wildman–Crippen MR) is 163 cm³/mol. The van der Waals surface area contributed by atoms with Crippen molar-refractivity contribution in [2.45, 2.75) is 57.2 Å². The van der Waals surface area contributed by atoms with E-state index in [0.29, 0.717) is 13.2 Å². The maximum Gasteiger partial charge on any atom is 0.138 e. The molecule has 0 atom stereocenters. The fourth-order valence-corrected chi connectivity index (χ4v) is 8.35. The number of aromatic amines is 1. The normalized spacial score (nSPS) is 24.5. The Bertz CT molecular complexity index is 1640. The molecule has 4 saturated carbocycles. The number of ether oxygens (including phenoxy) is 2. The Hall–Kier alpha value is -4.05. The number of fused-ring (bicyclic) bond motifs is 1. The molecule has 4 aromatic carbocycles. The number of aromatic nitrogens is 2. The summed E-state index contributed by atoms with van der Waals surface area (Å²) in [6, 6.07) is 33.7. The lowest BCUT2D eigenvalue weighted by Crippen LogP contribution is -2.48. The molecule has 4 fully saturated rings. The molecule has 1 heterocycles. The molecule has 41 heavy (non-hydrogen) atoms. The lowest BCUT2D eigenvalue weighted by molar-refractivity contribution is -0.00645. The largest absolute Gasteiger partial charge is 0.489 e. The number of nitrogens with zero attached hydrogens (tertiary/aromatic N) is 1. The number of hydrogen-bond acceptors (Lipinski definition) is 3. The van der Waals surface area contributed by atoms with Gasteiger partial charge in [0.15, 0.2) is 0 Å². The number of rotatable bonds is 8. The summed E-state index contributed by atoms with van der Waals surface area (Å²) in [5.41, 5.74) is 7.06. The van der Waals surface area contributed by atoms with Gasteiger partial charge in [-0.05, 0) is 103 Å². The van der Waals surface area contributed by atoms with Gasteiger partial charge in [0.1, 0.15) is 30.5 Å². The fourth-order valence-electron chi connectivity index (χ4n) is 8.35. The smallest absolute Gasteiger partial charge is 0.138 e. The maximum atomic E-state index is 6.59. The average Bonchev–Trinajstić information content (AvgIpc) is 3.43. The third-order valence-corrected chi connectivity index (χ3v) is 9.80. The van der Waals surface area contributed by atoms with Gasteiger partial charge in [0.05, 0.1) is 11.0 Å². The van der Waals surface area contributed by atoms with Crippen LogP contribution in [0.15, 0.2) is 97.1 Å². The second kappa shape index (κ2) is 10.1. The van der Waals surface area contributed by atoms with Crippen LogP contribution in [-0.2, 0) is 18.6 Å². The SMILES string of the molecule is c1ccc(COc2ccc3[nH]c(-c4ccc(OCc5ccccc5)c(C56CC7CC(CC(C7)C5)C6)c4)nc3c2)cc1. The highest BCUT2D eigenvalue weighted by atomic mass is 16.5. The maximum absolute atomic E-state index is 6.59. The molecule has 5 aromatic rings. The van der Waals surface area contributed by atoms with Crippen molar-refractivity contribution < 1.29 is 9.47 Å². The first-order chi connectivity index (χ1) is 20.2. The van der Waals surface area contributed by atoms with Crippen LogP contribution in [-0.4, -0.2) is 9.97 Å². The van der Waals surface area contributed by atoms with Gasteiger partial charge in [-0.3, -0.25) is 0 Å². The van der Waals surface area contributed by atoms with E-state index in [4.69, 9.17) is 14.5 Å². The van der Waals surface area contributed by atoms with Crippen LogP contribution in [0.3, 0.4) is 0 Å². The van der Waals surface area contributed by atoms with Crippen molar-refractivity contribution in [2.24, 2.45) is 17.8 Å². The van der Waals surface area contributed by atoms with E-state index in [-0.39, 0.29) is 5.41 Å².